The fourth-order valence-electron chi connectivity index (χ4n) is 4.20. The Labute approximate surface area is 198 Å². The Morgan fingerprint density at radius 2 is 1.77 bits per heavy atom. The molecule has 184 valence electrons. The van der Waals surface area contributed by atoms with E-state index in [1.807, 2.05) is 0 Å². The van der Waals surface area contributed by atoms with Crippen LogP contribution in [0.1, 0.15) is 41.6 Å². The lowest BCUT2D eigenvalue weighted by Crippen LogP contribution is -2.28. The maximum Gasteiger partial charge on any atom is 0.387 e. The monoisotopic (exact) mass is 489 g/mol. The van der Waals surface area contributed by atoms with Crippen LogP contribution in [0.5, 0.6) is 11.5 Å². The third-order valence-electron chi connectivity index (χ3n) is 5.51. The van der Waals surface area contributed by atoms with Gasteiger partial charge in [-0.1, -0.05) is 30.3 Å². The summed E-state index contributed by atoms with van der Waals surface area (Å²) < 4.78 is 57.1. The molecule has 1 atom stereocenters. The number of fused-ring (bicyclic) bond motifs is 2. The first-order valence-corrected chi connectivity index (χ1v) is 10.9. The summed E-state index contributed by atoms with van der Waals surface area (Å²) in [6.07, 6.45) is -2.02. The number of rotatable bonds is 8. The maximum absolute atomic E-state index is 15.1. The molecule has 1 aliphatic rings. The molecule has 0 radical (unpaired) electrons. The van der Waals surface area contributed by atoms with Gasteiger partial charge in [0, 0.05) is 10.8 Å². The average Bonchev–Trinajstić information content (AvgIpc) is 3.06. The lowest BCUT2D eigenvalue weighted by Gasteiger charge is -2.22. The van der Waals surface area contributed by atoms with E-state index in [1.54, 1.807) is 32.0 Å². The molecule has 0 fully saturated rings. The van der Waals surface area contributed by atoms with Gasteiger partial charge in [0.25, 0.3) is 5.91 Å². The molecular formula is C25H22F3NO6. The smallest absolute Gasteiger partial charge is 0.387 e. The van der Waals surface area contributed by atoms with E-state index in [9.17, 15) is 23.5 Å². The molecule has 1 amide bonds. The Morgan fingerprint density at radius 3 is 2.37 bits per heavy atom. The van der Waals surface area contributed by atoms with Crippen molar-refractivity contribution in [3.63, 3.8) is 0 Å². The summed E-state index contributed by atoms with van der Waals surface area (Å²) in [5, 5.41) is 11.6. The second kappa shape index (κ2) is 9.83. The summed E-state index contributed by atoms with van der Waals surface area (Å²) in [4.78, 5) is 25.9. The summed E-state index contributed by atoms with van der Waals surface area (Å²) in [6, 6.07) is 9.99. The highest BCUT2D eigenvalue weighted by atomic mass is 19.3. The van der Waals surface area contributed by atoms with E-state index in [2.05, 4.69) is 0 Å². The van der Waals surface area contributed by atoms with Crippen molar-refractivity contribution in [2.45, 2.75) is 33.1 Å². The lowest BCUT2D eigenvalue weighted by atomic mass is 9.98. The average molecular weight is 489 g/mol. The molecule has 1 N–H and O–H groups in total. The van der Waals surface area contributed by atoms with E-state index >= 15 is 4.39 Å². The maximum atomic E-state index is 15.1. The predicted molar refractivity (Wildman–Crippen MR) is 120 cm³/mol. The zero-order chi connectivity index (χ0) is 25.3. The standard InChI is InChI=1S/C25H22F3NO6/c1-3-33-18(30)12-13-9-10-17(16(26)11-13)29-23(31)19-20(24(29)32)22(35-25(27)28)15-8-6-5-7-14(15)21(19)34-4-2/h5-11,24-25,32H,3-4,12H2,1-2H3. The Kier molecular flexibility index (Phi) is 6.83. The van der Waals surface area contributed by atoms with Gasteiger partial charge in [-0.2, -0.15) is 8.78 Å². The first-order valence-electron chi connectivity index (χ1n) is 10.9. The molecule has 0 bridgehead atoms. The van der Waals surface area contributed by atoms with Crippen molar-refractivity contribution in [3.8, 4) is 11.5 Å². The van der Waals surface area contributed by atoms with Gasteiger partial charge in [-0.05, 0) is 31.5 Å². The number of carbonyl (C=O) groups is 2. The Balaban J connectivity index is 1.85. The number of halogens is 3. The number of esters is 1. The number of nitrogens with zero attached hydrogens (tertiary/aromatic N) is 1. The minimum Gasteiger partial charge on any atom is -0.492 e. The number of aliphatic hydroxyl groups excluding tert-OH is 1. The molecule has 1 heterocycles. The molecule has 4 rings (SSSR count). The highest BCUT2D eigenvalue weighted by Crippen LogP contribution is 2.50. The molecule has 0 aliphatic carbocycles. The van der Waals surface area contributed by atoms with Crippen molar-refractivity contribution < 1.29 is 42.1 Å². The van der Waals surface area contributed by atoms with Gasteiger partial charge in [-0.15, -0.1) is 0 Å². The van der Waals surface area contributed by atoms with Crippen molar-refractivity contribution >= 4 is 28.3 Å². The largest absolute Gasteiger partial charge is 0.492 e. The summed E-state index contributed by atoms with van der Waals surface area (Å²) in [7, 11) is 0. The van der Waals surface area contributed by atoms with E-state index in [1.165, 1.54) is 18.2 Å². The molecule has 0 saturated heterocycles. The summed E-state index contributed by atoms with van der Waals surface area (Å²) in [5.41, 5.74) is -0.442. The van der Waals surface area contributed by atoms with E-state index in [-0.39, 0.29) is 47.6 Å². The van der Waals surface area contributed by atoms with Gasteiger partial charge in [0.2, 0.25) is 0 Å². The molecule has 7 nitrogen and oxygen atoms in total. The van der Waals surface area contributed by atoms with Gasteiger partial charge >= 0.3 is 12.6 Å². The minimum absolute atomic E-state index is 0.0746. The summed E-state index contributed by atoms with van der Waals surface area (Å²) >= 11 is 0. The van der Waals surface area contributed by atoms with E-state index in [4.69, 9.17) is 14.2 Å². The van der Waals surface area contributed by atoms with E-state index in [0.29, 0.717) is 10.9 Å². The van der Waals surface area contributed by atoms with Crippen molar-refractivity contribution in [2.24, 2.45) is 0 Å². The van der Waals surface area contributed by atoms with Crippen molar-refractivity contribution in [1.82, 2.24) is 0 Å². The van der Waals surface area contributed by atoms with Crippen LogP contribution in [0.3, 0.4) is 0 Å². The highest BCUT2D eigenvalue weighted by molar-refractivity contribution is 6.17. The molecule has 3 aromatic rings. The van der Waals surface area contributed by atoms with E-state index < -0.39 is 36.3 Å². The Morgan fingerprint density at radius 1 is 1.09 bits per heavy atom. The van der Waals surface area contributed by atoms with E-state index in [0.717, 1.165) is 11.0 Å². The van der Waals surface area contributed by atoms with Crippen molar-refractivity contribution in [3.05, 3.63) is 65.0 Å². The van der Waals surface area contributed by atoms with Crippen LogP contribution >= 0.6 is 0 Å². The first kappa shape index (κ1) is 24.3. The van der Waals surface area contributed by atoms with Crippen LogP contribution in [0.15, 0.2) is 42.5 Å². The number of hydrogen-bond donors (Lipinski definition) is 1. The van der Waals surface area contributed by atoms with Crippen LogP contribution in [-0.2, 0) is 16.0 Å². The van der Waals surface area contributed by atoms with Crippen molar-refractivity contribution in [1.29, 1.82) is 0 Å². The second-order valence-corrected chi connectivity index (χ2v) is 7.62. The highest BCUT2D eigenvalue weighted by Gasteiger charge is 2.44. The lowest BCUT2D eigenvalue weighted by molar-refractivity contribution is -0.142. The van der Waals surface area contributed by atoms with Gasteiger partial charge < -0.3 is 19.3 Å². The molecule has 10 heteroatoms. The summed E-state index contributed by atoms with van der Waals surface area (Å²) in [6.45, 7) is 0.402. The molecule has 0 aromatic heterocycles. The van der Waals surface area contributed by atoms with Gasteiger partial charge in [0.05, 0.1) is 36.4 Å². The zero-order valence-electron chi connectivity index (χ0n) is 18.9. The predicted octanol–water partition coefficient (Wildman–Crippen LogP) is 4.74. The number of benzene rings is 3. The van der Waals surface area contributed by atoms with Crippen LogP contribution < -0.4 is 14.4 Å². The molecule has 0 saturated carbocycles. The second-order valence-electron chi connectivity index (χ2n) is 7.62. The number of ether oxygens (including phenoxy) is 3. The fraction of sp³-hybridized carbons (Fsp3) is 0.280. The molecule has 1 unspecified atom stereocenters. The minimum atomic E-state index is -3.24. The topological polar surface area (TPSA) is 85.3 Å². The van der Waals surface area contributed by atoms with Crippen LogP contribution in [0, 0.1) is 5.82 Å². The fourth-order valence-corrected chi connectivity index (χ4v) is 4.20. The molecule has 3 aromatic carbocycles. The van der Waals surface area contributed by atoms with Crippen molar-refractivity contribution in [2.75, 3.05) is 18.1 Å². The van der Waals surface area contributed by atoms with Gasteiger partial charge in [-0.3, -0.25) is 14.5 Å². The quantitative estimate of drug-likeness (QED) is 0.461. The number of aliphatic hydroxyl groups is 1. The number of amides is 1. The van der Waals surface area contributed by atoms with Crippen LogP contribution in [-0.4, -0.2) is 36.8 Å². The number of hydrogen-bond acceptors (Lipinski definition) is 6. The SMILES string of the molecule is CCOC(=O)Cc1ccc(N2C(=O)c3c(c(OC(F)F)c4ccccc4c3OCC)C2O)c(F)c1. The van der Waals surface area contributed by atoms with Gasteiger partial charge in [0.1, 0.15) is 17.3 Å². The molecule has 35 heavy (non-hydrogen) atoms. The third-order valence-corrected chi connectivity index (χ3v) is 5.51. The Bertz CT molecular complexity index is 1300. The molecule has 0 spiro atoms. The zero-order valence-corrected chi connectivity index (χ0v) is 18.9. The normalized spacial score (nSPS) is 15.0. The third kappa shape index (κ3) is 4.37. The molecule has 1 aliphatic heterocycles. The van der Waals surface area contributed by atoms with Crippen LogP contribution in [0.25, 0.3) is 10.8 Å². The van der Waals surface area contributed by atoms with Crippen LogP contribution in [0.4, 0.5) is 18.9 Å². The number of carbonyl (C=O) groups excluding carboxylic acids is 2. The Hall–Kier alpha value is -3.79. The van der Waals surface area contributed by atoms with Gasteiger partial charge in [-0.25, -0.2) is 4.39 Å². The summed E-state index contributed by atoms with van der Waals surface area (Å²) in [5.74, 6) is -2.61. The number of alkyl halides is 2. The van der Waals surface area contributed by atoms with Gasteiger partial charge in [0.15, 0.2) is 6.23 Å². The number of anilines is 1. The first-order chi connectivity index (χ1) is 16.8. The van der Waals surface area contributed by atoms with Crippen LogP contribution in [0.2, 0.25) is 0 Å². The molecular weight excluding hydrogens is 467 g/mol.